The normalized spacial score (nSPS) is 14.7. The Labute approximate surface area is 182 Å². The molecule has 1 fully saturated rings. The van der Waals surface area contributed by atoms with Crippen molar-refractivity contribution in [2.24, 2.45) is 0 Å². The van der Waals surface area contributed by atoms with E-state index in [1.54, 1.807) is 18.1 Å². The summed E-state index contributed by atoms with van der Waals surface area (Å²) in [6, 6.07) is 19.2. The van der Waals surface area contributed by atoms with Gasteiger partial charge in [-0.2, -0.15) is 0 Å². The topological polar surface area (TPSA) is 70.6 Å². The second-order valence-corrected chi connectivity index (χ2v) is 7.46. The first kappa shape index (κ1) is 20.8. The molecule has 1 N–H and O–H groups in total. The van der Waals surface area contributed by atoms with Gasteiger partial charge in [-0.25, -0.2) is 9.78 Å². The lowest BCUT2D eigenvalue weighted by Gasteiger charge is -2.29. The highest BCUT2D eigenvalue weighted by molar-refractivity contribution is 5.75. The average molecular weight is 418 g/mol. The summed E-state index contributed by atoms with van der Waals surface area (Å²) in [5.41, 5.74) is 2.78. The monoisotopic (exact) mass is 417 g/mol. The molecule has 0 bridgehead atoms. The number of carbonyl (C=O) groups excluding carboxylic acids is 1. The van der Waals surface area contributed by atoms with Crippen molar-refractivity contribution in [2.45, 2.75) is 12.6 Å². The first-order chi connectivity index (χ1) is 15.2. The number of nitrogens with one attached hydrogen (secondary N) is 1. The van der Waals surface area contributed by atoms with Gasteiger partial charge in [0.25, 0.3) is 0 Å². The van der Waals surface area contributed by atoms with Crippen LogP contribution in [0.4, 0.5) is 10.6 Å². The third kappa shape index (κ3) is 5.19. The second kappa shape index (κ2) is 10.0. The number of ether oxygens (including phenoxy) is 1. The summed E-state index contributed by atoms with van der Waals surface area (Å²) in [6.45, 7) is 3.56. The van der Waals surface area contributed by atoms with Gasteiger partial charge in [0.05, 0.1) is 18.9 Å². The van der Waals surface area contributed by atoms with Gasteiger partial charge in [-0.15, -0.1) is 0 Å². The van der Waals surface area contributed by atoms with Crippen LogP contribution in [0.1, 0.15) is 22.9 Å². The minimum absolute atomic E-state index is 0.170. The SMILES string of the molecule is CN(C(=O)NCc1ccc(N2CCOCC2)nc1)[C@@H](c1ccccc1)c1ccccn1. The highest BCUT2D eigenvalue weighted by atomic mass is 16.5. The van der Waals surface area contributed by atoms with Crippen molar-refractivity contribution < 1.29 is 9.53 Å². The summed E-state index contributed by atoms with van der Waals surface area (Å²) in [7, 11) is 1.79. The molecule has 0 saturated carbocycles. The third-order valence-electron chi connectivity index (χ3n) is 5.38. The zero-order valence-electron chi connectivity index (χ0n) is 17.6. The molecule has 160 valence electrons. The van der Waals surface area contributed by atoms with Gasteiger partial charge in [0.15, 0.2) is 0 Å². The Morgan fingerprint density at radius 1 is 1.06 bits per heavy atom. The van der Waals surface area contributed by atoms with E-state index in [1.165, 1.54) is 0 Å². The summed E-state index contributed by atoms with van der Waals surface area (Å²) in [5, 5.41) is 3.00. The maximum Gasteiger partial charge on any atom is 0.318 e. The molecular weight excluding hydrogens is 390 g/mol. The number of rotatable bonds is 6. The summed E-state index contributed by atoms with van der Waals surface area (Å²) in [5.74, 6) is 0.940. The quantitative estimate of drug-likeness (QED) is 0.667. The van der Waals surface area contributed by atoms with Crippen LogP contribution < -0.4 is 10.2 Å². The van der Waals surface area contributed by atoms with E-state index < -0.39 is 0 Å². The van der Waals surface area contributed by atoms with Crippen molar-refractivity contribution in [1.82, 2.24) is 20.2 Å². The molecule has 7 nitrogen and oxygen atoms in total. The molecule has 1 aliphatic rings. The van der Waals surface area contributed by atoms with Crippen LogP contribution in [0.5, 0.6) is 0 Å². The average Bonchev–Trinajstić information content (AvgIpc) is 2.85. The maximum atomic E-state index is 13.0. The van der Waals surface area contributed by atoms with Crippen molar-refractivity contribution in [2.75, 3.05) is 38.3 Å². The number of benzene rings is 1. The zero-order valence-corrected chi connectivity index (χ0v) is 17.6. The van der Waals surface area contributed by atoms with E-state index in [4.69, 9.17) is 4.74 Å². The van der Waals surface area contributed by atoms with Gasteiger partial charge < -0.3 is 19.9 Å². The smallest absolute Gasteiger partial charge is 0.318 e. The Kier molecular flexibility index (Phi) is 6.74. The molecule has 31 heavy (non-hydrogen) atoms. The number of amides is 2. The molecule has 0 radical (unpaired) electrons. The first-order valence-electron chi connectivity index (χ1n) is 10.5. The van der Waals surface area contributed by atoms with Crippen LogP contribution in [0.3, 0.4) is 0 Å². The van der Waals surface area contributed by atoms with Crippen molar-refractivity contribution in [3.8, 4) is 0 Å². The lowest BCUT2D eigenvalue weighted by atomic mass is 10.0. The molecule has 2 amide bonds. The summed E-state index contributed by atoms with van der Waals surface area (Å²) < 4.78 is 5.39. The van der Waals surface area contributed by atoms with Crippen LogP contribution in [0.2, 0.25) is 0 Å². The van der Waals surface area contributed by atoms with Crippen molar-refractivity contribution >= 4 is 11.8 Å². The highest BCUT2D eigenvalue weighted by Gasteiger charge is 2.24. The van der Waals surface area contributed by atoms with Crippen LogP contribution >= 0.6 is 0 Å². The summed E-state index contributed by atoms with van der Waals surface area (Å²) in [4.78, 5) is 25.9. The van der Waals surface area contributed by atoms with Gasteiger partial charge >= 0.3 is 6.03 Å². The zero-order chi connectivity index (χ0) is 21.5. The number of aromatic nitrogens is 2. The number of pyridine rings is 2. The second-order valence-electron chi connectivity index (χ2n) is 7.46. The van der Waals surface area contributed by atoms with E-state index in [0.717, 1.165) is 48.9 Å². The number of nitrogens with zero attached hydrogens (tertiary/aromatic N) is 4. The van der Waals surface area contributed by atoms with Crippen LogP contribution in [-0.4, -0.2) is 54.2 Å². The number of hydrogen-bond donors (Lipinski definition) is 1. The molecule has 0 spiro atoms. The molecule has 2 aromatic heterocycles. The fourth-order valence-corrected chi connectivity index (χ4v) is 3.69. The Morgan fingerprint density at radius 3 is 2.52 bits per heavy atom. The van der Waals surface area contributed by atoms with E-state index in [9.17, 15) is 4.79 Å². The highest BCUT2D eigenvalue weighted by Crippen LogP contribution is 2.26. The van der Waals surface area contributed by atoms with Crippen molar-refractivity contribution in [3.63, 3.8) is 0 Å². The number of carbonyl (C=O) groups is 1. The Morgan fingerprint density at radius 2 is 1.84 bits per heavy atom. The Bertz CT molecular complexity index is 921. The predicted octanol–water partition coefficient (Wildman–Crippen LogP) is 3.24. The van der Waals surface area contributed by atoms with Crippen molar-refractivity contribution in [3.05, 3.63) is 89.9 Å². The molecule has 1 aliphatic heterocycles. The standard InChI is InChI=1S/C24H27N5O2/c1-28(23(20-7-3-2-4-8-20)21-9-5-6-12-25-21)24(30)27-18-19-10-11-22(26-17-19)29-13-15-31-16-14-29/h2-12,17,23H,13-16,18H2,1H3,(H,27,30)/t23-/m0/s1. The molecular formula is C24H27N5O2. The molecule has 3 aromatic rings. The number of morpholine rings is 1. The largest absolute Gasteiger partial charge is 0.378 e. The lowest BCUT2D eigenvalue weighted by molar-refractivity contribution is 0.122. The summed E-state index contributed by atoms with van der Waals surface area (Å²) in [6.07, 6.45) is 3.57. The summed E-state index contributed by atoms with van der Waals surface area (Å²) >= 11 is 0. The van der Waals surface area contributed by atoms with E-state index in [2.05, 4.69) is 20.2 Å². The fourth-order valence-electron chi connectivity index (χ4n) is 3.69. The molecule has 1 atom stereocenters. The minimum Gasteiger partial charge on any atom is -0.378 e. The molecule has 1 saturated heterocycles. The maximum absolute atomic E-state index is 13.0. The molecule has 1 aromatic carbocycles. The van der Waals surface area contributed by atoms with E-state index in [0.29, 0.717) is 6.54 Å². The van der Waals surface area contributed by atoms with Gasteiger partial charge in [-0.1, -0.05) is 42.5 Å². The van der Waals surface area contributed by atoms with Gasteiger partial charge in [-0.3, -0.25) is 4.98 Å². The first-order valence-corrected chi connectivity index (χ1v) is 10.5. The van der Waals surface area contributed by atoms with Gasteiger partial charge in [-0.05, 0) is 29.3 Å². The molecule has 7 heteroatoms. The Hall–Kier alpha value is -3.45. The lowest BCUT2D eigenvalue weighted by Crippen LogP contribution is -2.40. The van der Waals surface area contributed by atoms with Crippen molar-refractivity contribution in [1.29, 1.82) is 0 Å². The number of urea groups is 1. The van der Waals surface area contributed by atoms with E-state index in [-0.39, 0.29) is 12.1 Å². The van der Waals surface area contributed by atoms with Crippen LogP contribution in [0, 0.1) is 0 Å². The molecule has 4 rings (SSSR count). The predicted molar refractivity (Wildman–Crippen MR) is 120 cm³/mol. The van der Waals surface area contributed by atoms with Crippen LogP contribution in [-0.2, 0) is 11.3 Å². The van der Waals surface area contributed by atoms with Crippen LogP contribution in [0.15, 0.2) is 73.1 Å². The van der Waals surface area contributed by atoms with E-state index >= 15 is 0 Å². The molecule has 0 unspecified atom stereocenters. The third-order valence-corrected chi connectivity index (χ3v) is 5.38. The molecule has 0 aliphatic carbocycles. The fraction of sp³-hybridized carbons (Fsp3) is 0.292. The van der Waals surface area contributed by atoms with Gasteiger partial charge in [0.2, 0.25) is 0 Å². The number of anilines is 1. The molecule has 3 heterocycles. The van der Waals surface area contributed by atoms with Gasteiger partial charge in [0, 0.05) is 39.1 Å². The van der Waals surface area contributed by atoms with Gasteiger partial charge in [0.1, 0.15) is 11.9 Å². The Balaban J connectivity index is 1.42. The van der Waals surface area contributed by atoms with E-state index in [1.807, 2.05) is 66.9 Å². The minimum atomic E-state index is -0.274. The number of hydrogen-bond acceptors (Lipinski definition) is 5. The van der Waals surface area contributed by atoms with Crippen LogP contribution in [0.25, 0.3) is 0 Å².